The second-order valence-corrected chi connectivity index (χ2v) is 18.4. The molecule has 388 valence electrons. The molecule has 4 aromatic carbocycles. The number of amides is 2. The van der Waals surface area contributed by atoms with Gasteiger partial charge in [-0.2, -0.15) is 0 Å². The third kappa shape index (κ3) is 17.5. The molecule has 0 unspecified atom stereocenters. The van der Waals surface area contributed by atoms with Crippen molar-refractivity contribution in [1.82, 2.24) is 40.5 Å². The highest BCUT2D eigenvalue weighted by Crippen LogP contribution is 2.34. The largest absolute Gasteiger partial charge is 0.488 e. The van der Waals surface area contributed by atoms with Gasteiger partial charge in [0.25, 0.3) is 11.4 Å². The number of non-ortho nitro benzene ring substituents is 2. The Kier molecular flexibility index (Phi) is 18.6. The van der Waals surface area contributed by atoms with Crippen molar-refractivity contribution in [2.75, 3.05) is 11.1 Å². The number of fused-ring (bicyclic) bond motifs is 2. The maximum absolute atomic E-state index is 11.8. The lowest BCUT2D eigenvalue weighted by molar-refractivity contribution is -0.383. The molecule has 0 spiro atoms. The molecule has 8 aromatic rings. The molecule has 0 fully saturated rings. The smallest absolute Gasteiger partial charge is 0.407 e. The van der Waals surface area contributed by atoms with Crippen LogP contribution in [-0.4, -0.2) is 63.1 Å². The van der Waals surface area contributed by atoms with E-state index in [1.54, 1.807) is 121 Å². The van der Waals surface area contributed by atoms with E-state index in [1.165, 1.54) is 24.5 Å². The molecular formula is C52H53ClN12O10. The predicted molar refractivity (Wildman–Crippen MR) is 281 cm³/mol. The monoisotopic (exact) mass is 1040 g/mol. The number of nitrogen functional groups attached to an aromatic ring is 1. The van der Waals surface area contributed by atoms with Crippen LogP contribution in [0.3, 0.4) is 0 Å². The Hall–Kier alpha value is -9.31. The molecule has 4 aromatic heterocycles. The van der Waals surface area contributed by atoms with Gasteiger partial charge in [0.2, 0.25) is 0 Å². The number of hydrogen-bond acceptors (Lipinski definition) is 18. The average Bonchev–Trinajstić information content (AvgIpc) is 3.36. The quantitative estimate of drug-likeness (QED) is 0.0581. The van der Waals surface area contributed by atoms with Gasteiger partial charge in [0.1, 0.15) is 58.5 Å². The number of nitrogens with zero attached hydrogens (tertiary/aromatic N) is 8. The Balaban J connectivity index is 0.000000203. The summed E-state index contributed by atoms with van der Waals surface area (Å²) in [5.74, 6) is 2.59. The molecule has 0 aliphatic heterocycles. The van der Waals surface area contributed by atoms with Gasteiger partial charge in [-0.1, -0.05) is 48.0 Å². The Morgan fingerprint density at radius 2 is 1.04 bits per heavy atom. The Morgan fingerprint density at radius 1 is 0.573 bits per heavy atom. The number of ether oxygens (including phenoxy) is 4. The highest BCUT2D eigenvalue weighted by atomic mass is 35.5. The lowest BCUT2D eigenvalue weighted by Crippen LogP contribution is -2.32. The molecule has 22 nitrogen and oxygen atoms in total. The fraction of sp³-hybridized carbons (Fsp3) is 0.231. The van der Waals surface area contributed by atoms with E-state index in [4.69, 9.17) is 36.3 Å². The Morgan fingerprint density at radius 3 is 1.48 bits per heavy atom. The Labute approximate surface area is 435 Å². The summed E-state index contributed by atoms with van der Waals surface area (Å²) in [6.07, 6.45) is 8.26. The summed E-state index contributed by atoms with van der Waals surface area (Å²) in [5, 5.41) is 33.5. The predicted octanol–water partition coefficient (Wildman–Crippen LogP) is 10.7. The van der Waals surface area contributed by atoms with E-state index in [9.17, 15) is 29.8 Å². The first-order chi connectivity index (χ1) is 35.7. The van der Waals surface area contributed by atoms with Crippen molar-refractivity contribution in [2.24, 2.45) is 0 Å². The van der Waals surface area contributed by atoms with E-state index in [1.807, 2.05) is 30.3 Å². The van der Waals surface area contributed by atoms with Crippen molar-refractivity contribution >= 4 is 74.2 Å². The van der Waals surface area contributed by atoms with Gasteiger partial charge in [-0.15, -0.1) is 0 Å². The number of benzene rings is 4. The van der Waals surface area contributed by atoms with Crippen LogP contribution in [0.2, 0.25) is 5.15 Å². The summed E-state index contributed by atoms with van der Waals surface area (Å²) >= 11 is 5.58. The average molecular weight is 1040 g/mol. The second kappa shape index (κ2) is 25.4. The first-order valence-corrected chi connectivity index (χ1v) is 23.3. The fourth-order valence-electron chi connectivity index (χ4n) is 6.65. The van der Waals surface area contributed by atoms with Crippen molar-refractivity contribution in [2.45, 2.75) is 79.0 Å². The number of aromatic nitrogens is 6. The maximum Gasteiger partial charge on any atom is 0.407 e. The number of hydrogen-bond donors (Lipinski definition) is 4. The number of nitrogens with one attached hydrogen (secondary N) is 3. The zero-order valence-corrected chi connectivity index (χ0v) is 42.4. The molecule has 0 aliphatic rings. The van der Waals surface area contributed by atoms with Crippen LogP contribution in [0.15, 0.2) is 134 Å². The molecule has 0 saturated heterocycles. The van der Waals surface area contributed by atoms with Crippen LogP contribution in [0.4, 0.5) is 38.4 Å². The summed E-state index contributed by atoms with van der Waals surface area (Å²) in [7, 11) is 0. The van der Waals surface area contributed by atoms with Crippen LogP contribution < -0.4 is 31.2 Å². The molecule has 0 saturated carbocycles. The van der Waals surface area contributed by atoms with Gasteiger partial charge in [0, 0.05) is 35.3 Å². The number of alkyl carbamates (subject to hydrolysis) is 2. The van der Waals surface area contributed by atoms with E-state index < -0.39 is 33.2 Å². The van der Waals surface area contributed by atoms with Crippen molar-refractivity contribution in [3.63, 3.8) is 0 Å². The van der Waals surface area contributed by atoms with Gasteiger partial charge >= 0.3 is 12.2 Å². The topological polar surface area (TPSA) is 297 Å². The molecule has 0 radical (unpaired) electrons. The zero-order chi connectivity index (χ0) is 54.1. The highest BCUT2D eigenvalue weighted by Gasteiger charge is 2.19. The summed E-state index contributed by atoms with van der Waals surface area (Å²) in [4.78, 5) is 69.4. The number of nitro groups is 2. The summed E-state index contributed by atoms with van der Waals surface area (Å²) < 4.78 is 22.0. The minimum Gasteiger partial charge on any atom is -0.488 e. The van der Waals surface area contributed by atoms with Crippen LogP contribution in [0.5, 0.6) is 11.5 Å². The van der Waals surface area contributed by atoms with Crippen LogP contribution >= 0.6 is 11.6 Å². The van der Waals surface area contributed by atoms with E-state index in [0.717, 1.165) is 11.1 Å². The first kappa shape index (κ1) is 55.0. The number of nitro benzene ring substituents is 2. The minimum atomic E-state index is -0.578. The number of nitrogens with two attached hydrogens (primary N) is 1. The van der Waals surface area contributed by atoms with E-state index >= 15 is 0 Å². The summed E-state index contributed by atoms with van der Waals surface area (Å²) in [6.45, 7) is 11.8. The normalized spacial score (nSPS) is 10.9. The number of halogens is 1. The number of rotatable bonds is 14. The van der Waals surface area contributed by atoms with Crippen LogP contribution in [0.1, 0.15) is 64.1 Å². The first-order valence-electron chi connectivity index (χ1n) is 22.9. The van der Waals surface area contributed by atoms with Crippen molar-refractivity contribution in [3.05, 3.63) is 182 Å². The van der Waals surface area contributed by atoms with Crippen molar-refractivity contribution in [1.29, 1.82) is 0 Å². The number of pyridine rings is 2. The maximum atomic E-state index is 11.8. The zero-order valence-electron chi connectivity index (χ0n) is 41.6. The lowest BCUT2D eigenvalue weighted by atomic mass is 10.1. The Bertz CT molecular complexity index is 3260. The van der Waals surface area contributed by atoms with E-state index in [-0.39, 0.29) is 31.1 Å². The standard InChI is InChI=1S/C26H26N6O5.C16H13N3O3.C10H14ClN3O2/c1-26(2,3)37-25(33)30-14-18-13-29-24(15-28-18)31-23-12-17(10-11-27-23)16-36-22-9-8-21(32(34)35)19-6-4-5-7-20(19)22;17-16-9-11(7-8-18-16)10-22-15-6-5-14(19(20)21)12-3-1-2-4-13(12)15;1-10(2,3)16-9(15)14-5-7-4-13-8(11)6-12-7/h4-13,15H,14,16H2,1-3H3,(H,30,33)(H,27,29,31);1-9H,10H2,(H2,17,18);4,6H,5H2,1-3H3,(H,14,15). The number of carbonyl (C=O) groups excluding carboxylic acids is 2. The van der Waals surface area contributed by atoms with Gasteiger partial charge in [-0.3, -0.25) is 30.2 Å². The molecule has 0 aliphatic carbocycles. The summed E-state index contributed by atoms with van der Waals surface area (Å²) in [5.41, 5.74) is 7.56. The second-order valence-electron chi connectivity index (χ2n) is 18.0. The van der Waals surface area contributed by atoms with Gasteiger partial charge in [0.15, 0.2) is 0 Å². The van der Waals surface area contributed by atoms with E-state index in [2.05, 4.69) is 45.9 Å². The summed E-state index contributed by atoms with van der Waals surface area (Å²) in [6, 6.07) is 27.5. The molecule has 0 atom stereocenters. The van der Waals surface area contributed by atoms with Crippen molar-refractivity contribution < 1.29 is 38.4 Å². The third-order valence-corrected chi connectivity index (χ3v) is 10.0. The van der Waals surface area contributed by atoms with Gasteiger partial charge in [0.05, 0.1) is 69.9 Å². The molecule has 2 amide bonds. The molecular weight excluding hydrogens is 988 g/mol. The van der Waals surface area contributed by atoms with Crippen LogP contribution in [0, 0.1) is 20.2 Å². The van der Waals surface area contributed by atoms with Crippen LogP contribution in [-0.2, 0) is 35.8 Å². The molecule has 8 rings (SSSR count). The van der Waals surface area contributed by atoms with Gasteiger partial charge in [-0.25, -0.2) is 29.5 Å². The number of anilines is 3. The third-order valence-electron chi connectivity index (χ3n) is 9.83. The van der Waals surface area contributed by atoms with Gasteiger partial charge < -0.3 is 40.6 Å². The highest BCUT2D eigenvalue weighted by molar-refractivity contribution is 6.29. The lowest BCUT2D eigenvalue weighted by Gasteiger charge is -2.19. The van der Waals surface area contributed by atoms with E-state index in [0.29, 0.717) is 73.6 Å². The molecule has 5 N–H and O–H groups in total. The fourth-order valence-corrected chi connectivity index (χ4v) is 6.74. The molecule has 0 bridgehead atoms. The van der Waals surface area contributed by atoms with Crippen LogP contribution in [0.25, 0.3) is 21.5 Å². The van der Waals surface area contributed by atoms with Gasteiger partial charge in [-0.05, 0) is 101 Å². The molecule has 75 heavy (non-hydrogen) atoms. The number of carbonyl (C=O) groups is 2. The molecule has 23 heteroatoms. The SMILES string of the molecule is CC(C)(C)OC(=O)NCc1cnc(Cl)cn1.CC(C)(C)OC(=O)NCc1cnc(Nc2cc(COc3ccc([N+](=O)[O-])c4ccccc34)ccn2)cn1.Nc1cc(COc2ccc([N+](=O)[O-])c3ccccc23)ccn1. The van der Waals surface area contributed by atoms with Crippen molar-refractivity contribution in [3.8, 4) is 11.5 Å². The molecule has 4 heterocycles. The minimum absolute atomic E-state index is 0.0334.